The van der Waals surface area contributed by atoms with Crippen molar-refractivity contribution in [3.63, 3.8) is 0 Å². The summed E-state index contributed by atoms with van der Waals surface area (Å²) in [4.78, 5) is 49.2. The average molecular weight is 522 g/mol. The third kappa shape index (κ3) is 6.92. The van der Waals surface area contributed by atoms with Crippen molar-refractivity contribution >= 4 is 23.5 Å². The molecule has 0 saturated carbocycles. The van der Waals surface area contributed by atoms with Gasteiger partial charge in [0.1, 0.15) is 11.8 Å². The van der Waals surface area contributed by atoms with E-state index < -0.39 is 40.9 Å². The first-order valence-electron chi connectivity index (χ1n) is 11.5. The van der Waals surface area contributed by atoms with Crippen LogP contribution in [0.1, 0.15) is 27.5 Å². The van der Waals surface area contributed by atoms with E-state index in [1.165, 1.54) is 25.3 Å². The Hall–Kier alpha value is -4.77. The van der Waals surface area contributed by atoms with Gasteiger partial charge in [0.25, 0.3) is 17.5 Å². The summed E-state index contributed by atoms with van der Waals surface area (Å²) >= 11 is 0. The van der Waals surface area contributed by atoms with E-state index in [4.69, 9.17) is 9.47 Å². The molecule has 3 aromatic rings. The van der Waals surface area contributed by atoms with Gasteiger partial charge in [0.05, 0.1) is 25.2 Å². The van der Waals surface area contributed by atoms with Crippen molar-refractivity contribution in [2.45, 2.75) is 24.6 Å². The van der Waals surface area contributed by atoms with E-state index in [2.05, 4.69) is 10.6 Å². The van der Waals surface area contributed by atoms with Gasteiger partial charge in [-0.1, -0.05) is 48.5 Å². The number of hydrogen-bond acceptors (Lipinski definition) is 8. The van der Waals surface area contributed by atoms with Crippen LogP contribution in [-0.4, -0.2) is 54.2 Å². The lowest BCUT2D eigenvalue weighted by Gasteiger charge is -2.26. The van der Waals surface area contributed by atoms with Crippen molar-refractivity contribution in [3.05, 3.63) is 106 Å². The van der Waals surface area contributed by atoms with Crippen molar-refractivity contribution in [2.75, 3.05) is 14.2 Å². The zero-order valence-electron chi connectivity index (χ0n) is 20.7. The molecule has 0 bridgehead atoms. The number of esters is 1. The van der Waals surface area contributed by atoms with E-state index in [0.717, 1.165) is 7.11 Å². The Balaban J connectivity index is 1.86. The first kappa shape index (κ1) is 27.8. The lowest BCUT2D eigenvalue weighted by Crippen LogP contribution is -2.51. The molecular formula is C27H27N3O8. The lowest BCUT2D eigenvalue weighted by molar-refractivity contribution is -0.384. The van der Waals surface area contributed by atoms with E-state index in [-0.39, 0.29) is 23.4 Å². The number of hydrogen-bond donors (Lipinski definition) is 3. The average Bonchev–Trinajstić information content (AvgIpc) is 2.95. The highest BCUT2D eigenvalue weighted by molar-refractivity contribution is 5.95. The number of nitro benzene ring substituents is 1. The summed E-state index contributed by atoms with van der Waals surface area (Å²) in [5.41, 5.74) is 0.813. The molecule has 11 heteroatoms. The van der Waals surface area contributed by atoms with Crippen LogP contribution in [0, 0.1) is 10.1 Å². The van der Waals surface area contributed by atoms with Crippen molar-refractivity contribution < 1.29 is 33.9 Å². The Labute approximate surface area is 218 Å². The summed E-state index contributed by atoms with van der Waals surface area (Å²) < 4.78 is 10.0. The maximum absolute atomic E-state index is 13.2. The maximum atomic E-state index is 13.2. The van der Waals surface area contributed by atoms with E-state index in [1.807, 2.05) is 0 Å². The van der Waals surface area contributed by atoms with E-state index in [0.29, 0.717) is 11.1 Å². The highest BCUT2D eigenvalue weighted by Crippen LogP contribution is 2.26. The van der Waals surface area contributed by atoms with Gasteiger partial charge in [0.2, 0.25) is 0 Å². The number of nitro groups is 1. The molecule has 11 nitrogen and oxygen atoms in total. The first-order valence-corrected chi connectivity index (χ1v) is 11.5. The van der Waals surface area contributed by atoms with Crippen LogP contribution >= 0.6 is 0 Å². The maximum Gasteiger partial charge on any atom is 0.328 e. The van der Waals surface area contributed by atoms with Gasteiger partial charge >= 0.3 is 5.97 Å². The van der Waals surface area contributed by atoms with Crippen LogP contribution in [0.15, 0.2) is 78.9 Å². The van der Waals surface area contributed by atoms with Gasteiger partial charge in [-0.2, -0.15) is 0 Å². The summed E-state index contributed by atoms with van der Waals surface area (Å²) in [5.74, 6) is -2.07. The fourth-order valence-corrected chi connectivity index (χ4v) is 3.82. The molecule has 0 aliphatic heterocycles. The molecule has 198 valence electrons. The van der Waals surface area contributed by atoms with Gasteiger partial charge in [0, 0.05) is 29.7 Å². The van der Waals surface area contributed by atoms with E-state index >= 15 is 0 Å². The van der Waals surface area contributed by atoms with E-state index in [9.17, 15) is 29.6 Å². The molecule has 0 saturated heterocycles. The van der Waals surface area contributed by atoms with Crippen LogP contribution in [0.3, 0.4) is 0 Å². The normalized spacial score (nSPS) is 12.9. The Morgan fingerprint density at radius 1 is 0.947 bits per heavy atom. The van der Waals surface area contributed by atoms with Crippen LogP contribution in [0.5, 0.6) is 5.75 Å². The lowest BCUT2D eigenvalue weighted by atomic mass is 9.99. The van der Waals surface area contributed by atoms with Gasteiger partial charge in [-0.05, 0) is 23.8 Å². The molecule has 0 radical (unpaired) electrons. The minimum Gasteiger partial charge on any atom is -0.496 e. The minimum atomic E-state index is -1.80. The third-order valence-corrected chi connectivity index (χ3v) is 5.77. The molecule has 3 N–H and O–H groups in total. The molecule has 0 aliphatic rings. The van der Waals surface area contributed by atoms with Crippen LogP contribution in [0.25, 0.3) is 0 Å². The molecule has 2 amide bonds. The quantitative estimate of drug-likeness (QED) is 0.197. The largest absolute Gasteiger partial charge is 0.496 e. The highest BCUT2D eigenvalue weighted by atomic mass is 16.6. The van der Waals surface area contributed by atoms with Gasteiger partial charge in [-0.3, -0.25) is 19.7 Å². The number of nitrogens with zero attached hydrogens (tertiary/aromatic N) is 1. The Bertz CT molecular complexity index is 1280. The Morgan fingerprint density at radius 2 is 1.58 bits per heavy atom. The number of rotatable bonds is 11. The van der Waals surface area contributed by atoms with Crippen LogP contribution in [0.4, 0.5) is 5.69 Å². The molecule has 3 atom stereocenters. The minimum absolute atomic E-state index is 0.220. The van der Waals surface area contributed by atoms with E-state index in [1.54, 1.807) is 60.7 Å². The number of aliphatic hydroxyl groups is 1. The zero-order valence-corrected chi connectivity index (χ0v) is 20.7. The molecule has 0 unspecified atom stereocenters. The van der Waals surface area contributed by atoms with Gasteiger partial charge in [0.15, 0.2) is 6.10 Å². The van der Waals surface area contributed by atoms with Crippen molar-refractivity contribution in [3.8, 4) is 5.75 Å². The summed E-state index contributed by atoms with van der Waals surface area (Å²) in [6.07, 6.45) is -2.02. The number of benzene rings is 3. The van der Waals surface area contributed by atoms with Crippen molar-refractivity contribution in [1.29, 1.82) is 0 Å². The monoisotopic (exact) mass is 521 g/mol. The Kier molecular flexibility index (Phi) is 9.49. The van der Waals surface area contributed by atoms with Crippen molar-refractivity contribution in [2.24, 2.45) is 0 Å². The highest BCUT2D eigenvalue weighted by Gasteiger charge is 2.33. The Morgan fingerprint density at radius 3 is 2.16 bits per heavy atom. The molecule has 0 spiro atoms. The molecule has 3 rings (SSSR count). The van der Waals surface area contributed by atoms with Gasteiger partial charge in [-0.15, -0.1) is 0 Å². The second-order valence-electron chi connectivity index (χ2n) is 8.21. The number of ether oxygens (including phenoxy) is 2. The smallest absolute Gasteiger partial charge is 0.328 e. The molecule has 0 fully saturated rings. The second kappa shape index (κ2) is 13.0. The number of nitrogens with one attached hydrogen (secondary N) is 2. The third-order valence-electron chi connectivity index (χ3n) is 5.77. The first-order chi connectivity index (χ1) is 18.2. The number of carbonyl (C=O) groups excluding carboxylic acids is 3. The summed E-state index contributed by atoms with van der Waals surface area (Å²) in [7, 11) is 2.48. The standard InChI is InChI=1S/C27H27N3O8/c1-37-22-14-13-20(30(35)36)15-19(22)16-21(27(34)38-2)28-26(33)24(31)23(17-9-5-3-6-10-17)29-25(32)18-11-7-4-8-12-18/h3-15,21,23-24,31H,16H2,1-2H3,(H,28,33)(H,29,32)/t21-,23-,24+/m0/s1. The SMILES string of the molecule is COC(=O)[C@H](Cc1cc([N+](=O)[O-])ccc1OC)NC(=O)[C@H](O)[C@@H](NC(=O)c1ccccc1)c1ccccc1. The van der Waals surface area contributed by atoms with Gasteiger partial charge < -0.3 is 25.2 Å². The topological polar surface area (TPSA) is 157 Å². The fraction of sp³-hybridized carbons (Fsp3) is 0.222. The molecule has 0 aliphatic carbocycles. The number of amides is 2. The summed E-state index contributed by atoms with van der Waals surface area (Å²) in [6.45, 7) is 0. The fourth-order valence-electron chi connectivity index (χ4n) is 3.82. The summed E-state index contributed by atoms with van der Waals surface area (Å²) in [6, 6.07) is 18.0. The zero-order chi connectivity index (χ0) is 27.7. The molecule has 3 aromatic carbocycles. The predicted molar refractivity (Wildman–Crippen MR) is 136 cm³/mol. The number of carbonyl (C=O) groups is 3. The van der Waals surface area contributed by atoms with Gasteiger partial charge in [-0.25, -0.2) is 4.79 Å². The second-order valence-corrected chi connectivity index (χ2v) is 8.21. The van der Waals surface area contributed by atoms with Crippen LogP contribution < -0.4 is 15.4 Å². The van der Waals surface area contributed by atoms with Crippen molar-refractivity contribution in [1.82, 2.24) is 10.6 Å². The number of aliphatic hydroxyl groups excluding tert-OH is 1. The molecule has 38 heavy (non-hydrogen) atoms. The molecule has 0 heterocycles. The summed E-state index contributed by atoms with van der Waals surface area (Å²) in [5, 5.41) is 27.4. The van der Waals surface area contributed by atoms with Crippen LogP contribution in [-0.2, 0) is 20.7 Å². The number of non-ortho nitro benzene ring substituents is 1. The molecular weight excluding hydrogens is 494 g/mol. The molecule has 0 aromatic heterocycles. The van der Waals surface area contributed by atoms with Crippen LogP contribution in [0.2, 0.25) is 0 Å². The number of methoxy groups -OCH3 is 2. The predicted octanol–water partition coefficient (Wildman–Crippen LogP) is 2.34.